The normalized spacial score (nSPS) is 16.5. The molecule has 0 radical (unpaired) electrons. The van der Waals surface area contributed by atoms with Crippen molar-refractivity contribution in [2.24, 2.45) is 13.0 Å². The monoisotopic (exact) mass is 329 g/mol. The van der Waals surface area contributed by atoms with Gasteiger partial charge in [-0.2, -0.15) is 5.10 Å². The Hall–Kier alpha value is -1.66. The van der Waals surface area contributed by atoms with Crippen LogP contribution in [0.3, 0.4) is 0 Å². The van der Waals surface area contributed by atoms with Crippen LogP contribution in [-0.4, -0.2) is 34.4 Å². The molecule has 1 aliphatic heterocycles. The van der Waals surface area contributed by atoms with Crippen molar-refractivity contribution in [1.82, 2.24) is 20.1 Å². The lowest BCUT2D eigenvalue weighted by atomic mass is 9.98. The Morgan fingerprint density at radius 1 is 1.35 bits per heavy atom. The number of hydrogen-bond donors (Lipinski definition) is 2. The predicted octanol–water partition coefficient (Wildman–Crippen LogP) is 3.21. The van der Waals surface area contributed by atoms with Crippen LogP contribution in [0.1, 0.15) is 24.1 Å². The Labute approximate surface area is 140 Å². The standard InChI is InChI=1S/C17H23N5S/c1-10-8-11(2)20-17-13(10)14-15(23-17)16(21-22(14)3)19-9-12-4-6-18-7-5-12/h8,12,18H,4-7,9H2,1-3H3,(H,19,21). The zero-order valence-electron chi connectivity index (χ0n) is 13.9. The number of hydrogen-bond acceptors (Lipinski definition) is 5. The first-order valence-corrected chi connectivity index (χ1v) is 9.13. The summed E-state index contributed by atoms with van der Waals surface area (Å²) in [6.45, 7) is 7.50. The van der Waals surface area contributed by atoms with Gasteiger partial charge in [0, 0.05) is 24.7 Å². The van der Waals surface area contributed by atoms with E-state index in [0.717, 1.165) is 41.9 Å². The van der Waals surface area contributed by atoms with E-state index in [1.807, 2.05) is 11.7 Å². The summed E-state index contributed by atoms with van der Waals surface area (Å²) in [5.74, 6) is 1.76. The van der Waals surface area contributed by atoms with Gasteiger partial charge in [-0.3, -0.25) is 4.68 Å². The number of rotatable bonds is 3. The summed E-state index contributed by atoms with van der Waals surface area (Å²) in [5.41, 5.74) is 3.58. The Bertz CT molecular complexity index is 857. The average molecular weight is 329 g/mol. The molecular weight excluding hydrogens is 306 g/mol. The molecule has 3 aromatic rings. The summed E-state index contributed by atoms with van der Waals surface area (Å²) in [5, 5.41) is 13.0. The second-order valence-corrected chi connectivity index (χ2v) is 7.59. The molecule has 0 aromatic carbocycles. The minimum absolute atomic E-state index is 0.741. The maximum absolute atomic E-state index is 4.72. The average Bonchev–Trinajstić information content (AvgIpc) is 3.04. The number of aromatic nitrogens is 3. The molecule has 0 saturated carbocycles. The van der Waals surface area contributed by atoms with Crippen LogP contribution in [0, 0.1) is 19.8 Å². The number of nitrogens with one attached hydrogen (secondary N) is 2. The first kappa shape index (κ1) is 14.9. The van der Waals surface area contributed by atoms with Gasteiger partial charge in [0.1, 0.15) is 4.83 Å². The van der Waals surface area contributed by atoms with Crippen LogP contribution in [0.5, 0.6) is 0 Å². The maximum atomic E-state index is 4.72. The van der Waals surface area contributed by atoms with Crippen LogP contribution in [0.2, 0.25) is 0 Å². The van der Waals surface area contributed by atoms with Gasteiger partial charge in [0.2, 0.25) is 0 Å². The second-order valence-electron chi connectivity index (χ2n) is 6.59. The number of fused-ring (bicyclic) bond motifs is 3. The van der Waals surface area contributed by atoms with E-state index in [2.05, 4.69) is 30.5 Å². The third kappa shape index (κ3) is 2.60. The second kappa shape index (κ2) is 5.76. The molecular formula is C17H23N5S. The van der Waals surface area contributed by atoms with Gasteiger partial charge in [-0.1, -0.05) is 0 Å². The minimum atomic E-state index is 0.741. The number of thiophene rings is 1. The third-order valence-corrected chi connectivity index (χ3v) is 5.85. The number of piperidine rings is 1. The molecule has 0 aliphatic carbocycles. The maximum Gasteiger partial charge on any atom is 0.166 e. The third-order valence-electron chi connectivity index (χ3n) is 4.77. The highest BCUT2D eigenvalue weighted by molar-refractivity contribution is 7.26. The Balaban J connectivity index is 1.71. The molecule has 6 heteroatoms. The van der Waals surface area contributed by atoms with Crippen LogP contribution in [0.15, 0.2) is 6.07 Å². The fourth-order valence-corrected chi connectivity index (χ4v) is 4.86. The molecule has 23 heavy (non-hydrogen) atoms. The SMILES string of the molecule is Cc1cc(C)c2c(n1)sc1c(NCC3CCNCC3)nn(C)c12. The summed E-state index contributed by atoms with van der Waals surface area (Å²) in [4.78, 5) is 5.84. The molecule has 1 saturated heterocycles. The molecule has 3 aromatic heterocycles. The van der Waals surface area contributed by atoms with Crippen molar-refractivity contribution >= 4 is 37.6 Å². The Morgan fingerprint density at radius 2 is 2.13 bits per heavy atom. The van der Waals surface area contributed by atoms with Crippen LogP contribution in [-0.2, 0) is 7.05 Å². The van der Waals surface area contributed by atoms with Crippen molar-refractivity contribution in [2.45, 2.75) is 26.7 Å². The largest absolute Gasteiger partial charge is 0.367 e. The molecule has 0 atom stereocenters. The highest BCUT2D eigenvalue weighted by Crippen LogP contribution is 2.38. The summed E-state index contributed by atoms with van der Waals surface area (Å²) >= 11 is 1.75. The van der Waals surface area contributed by atoms with Gasteiger partial charge < -0.3 is 10.6 Å². The summed E-state index contributed by atoms with van der Waals surface area (Å²) < 4.78 is 3.24. The van der Waals surface area contributed by atoms with Crippen LogP contribution in [0.25, 0.3) is 20.4 Å². The van der Waals surface area contributed by atoms with Gasteiger partial charge in [0.05, 0.1) is 10.2 Å². The molecule has 1 aliphatic rings. The zero-order valence-corrected chi connectivity index (χ0v) is 14.8. The van der Waals surface area contributed by atoms with Crippen LogP contribution < -0.4 is 10.6 Å². The number of nitrogens with zero attached hydrogens (tertiary/aromatic N) is 3. The van der Waals surface area contributed by atoms with E-state index < -0.39 is 0 Å². The molecule has 5 nitrogen and oxygen atoms in total. The summed E-state index contributed by atoms with van der Waals surface area (Å²) in [6, 6.07) is 2.16. The van der Waals surface area contributed by atoms with Gasteiger partial charge in [-0.15, -0.1) is 11.3 Å². The number of pyridine rings is 1. The van der Waals surface area contributed by atoms with Crippen LogP contribution >= 0.6 is 11.3 Å². The fourth-order valence-electron chi connectivity index (χ4n) is 3.58. The van der Waals surface area contributed by atoms with E-state index in [1.54, 1.807) is 11.3 Å². The number of aryl methyl sites for hydroxylation is 3. The van der Waals surface area contributed by atoms with Gasteiger partial charge >= 0.3 is 0 Å². The molecule has 122 valence electrons. The lowest BCUT2D eigenvalue weighted by Gasteiger charge is -2.22. The van der Waals surface area contributed by atoms with E-state index in [0.29, 0.717) is 0 Å². The molecule has 1 fully saturated rings. The lowest BCUT2D eigenvalue weighted by Crippen LogP contribution is -2.31. The van der Waals surface area contributed by atoms with Gasteiger partial charge in [0.25, 0.3) is 0 Å². The van der Waals surface area contributed by atoms with Gasteiger partial charge in [-0.25, -0.2) is 4.98 Å². The number of anilines is 1. The summed E-state index contributed by atoms with van der Waals surface area (Å²) in [7, 11) is 2.03. The molecule has 0 unspecified atom stereocenters. The van der Waals surface area contributed by atoms with Crippen molar-refractivity contribution in [2.75, 3.05) is 25.0 Å². The van der Waals surface area contributed by atoms with E-state index in [1.165, 1.54) is 34.0 Å². The quantitative estimate of drug-likeness (QED) is 0.775. The zero-order chi connectivity index (χ0) is 16.0. The highest BCUT2D eigenvalue weighted by atomic mass is 32.1. The highest BCUT2D eigenvalue weighted by Gasteiger charge is 2.19. The van der Waals surface area contributed by atoms with E-state index in [-0.39, 0.29) is 0 Å². The summed E-state index contributed by atoms with van der Waals surface area (Å²) in [6.07, 6.45) is 2.49. The Kier molecular flexibility index (Phi) is 3.73. The van der Waals surface area contributed by atoms with Gasteiger partial charge in [0.15, 0.2) is 5.82 Å². The minimum Gasteiger partial charge on any atom is -0.367 e. The topological polar surface area (TPSA) is 54.8 Å². The molecule has 0 spiro atoms. The van der Waals surface area contributed by atoms with Crippen molar-refractivity contribution in [3.05, 3.63) is 17.3 Å². The first-order valence-electron chi connectivity index (χ1n) is 8.31. The molecule has 0 bridgehead atoms. The molecule has 4 heterocycles. The van der Waals surface area contributed by atoms with Crippen molar-refractivity contribution < 1.29 is 0 Å². The fraction of sp³-hybridized carbons (Fsp3) is 0.529. The van der Waals surface area contributed by atoms with Gasteiger partial charge in [-0.05, 0) is 57.3 Å². The molecule has 4 rings (SSSR count). The first-order chi connectivity index (χ1) is 11.1. The van der Waals surface area contributed by atoms with E-state index >= 15 is 0 Å². The predicted molar refractivity (Wildman–Crippen MR) is 97.4 cm³/mol. The molecule has 0 amide bonds. The smallest absolute Gasteiger partial charge is 0.166 e. The van der Waals surface area contributed by atoms with Crippen LogP contribution in [0.4, 0.5) is 5.82 Å². The molecule has 2 N–H and O–H groups in total. The Morgan fingerprint density at radius 3 is 2.91 bits per heavy atom. The van der Waals surface area contributed by atoms with E-state index in [4.69, 9.17) is 10.1 Å². The van der Waals surface area contributed by atoms with Crippen molar-refractivity contribution in [3.8, 4) is 0 Å². The van der Waals surface area contributed by atoms with Crippen molar-refractivity contribution in [3.63, 3.8) is 0 Å². The lowest BCUT2D eigenvalue weighted by molar-refractivity contribution is 0.389. The van der Waals surface area contributed by atoms with Crippen molar-refractivity contribution in [1.29, 1.82) is 0 Å². The van der Waals surface area contributed by atoms with E-state index in [9.17, 15) is 0 Å².